The van der Waals surface area contributed by atoms with Crippen LogP contribution >= 0.6 is 0 Å². The van der Waals surface area contributed by atoms with E-state index in [4.69, 9.17) is 4.74 Å². The fourth-order valence-electron chi connectivity index (χ4n) is 2.71. The van der Waals surface area contributed by atoms with Crippen molar-refractivity contribution in [3.63, 3.8) is 0 Å². The van der Waals surface area contributed by atoms with E-state index in [0.29, 0.717) is 18.6 Å². The first-order valence-corrected chi connectivity index (χ1v) is 6.79. The molecular formula is C15H21F2NO. The molecule has 0 aliphatic heterocycles. The van der Waals surface area contributed by atoms with Crippen LogP contribution in [0.3, 0.4) is 0 Å². The largest absolute Gasteiger partial charge is 0.383 e. The van der Waals surface area contributed by atoms with Crippen LogP contribution in [-0.4, -0.2) is 26.8 Å². The van der Waals surface area contributed by atoms with Crippen LogP contribution in [0.5, 0.6) is 0 Å². The fourth-order valence-corrected chi connectivity index (χ4v) is 2.71. The first-order valence-electron chi connectivity index (χ1n) is 6.79. The molecule has 2 nitrogen and oxygen atoms in total. The molecule has 0 bridgehead atoms. The lowest BCUT2D eigenvalue weighted by Gasteiger charge is -2.42. The van der Waals surface area contributed by atoms with Gasteiger partial charge in [0, 0.05) is 20.2 Å². The van der Waals surface area contributed by atoms with Crippen LogP contribution < -0.4 is 5.32 Å². The molecule has 1 fully saturated rings. The highest BCUT2D eigenvalue weighted by Crippen LogP contribution is 2.43. The molecule has 4 heteroatoms. The van der Waals surface area contributed by atoms with E-state index in [-0.39, 0.29) is 5.41 Å². The molecule has 0 radical (unpaired) electrons. The molecule has 0 spiro atoms. The van der Waals surface area contributed by atoms with E-state index in [9.17, 15) is 8.78 Å². The molecule has 1 aromatic carbocycles. The summed E-state index contributed by atoms with van der Waals surface area (Å²) in [5, 5.41) is 3.34. The summed E-state index contributed by atoms with van der Waals surface area (Å²) in [5.41, 5.74) is 0.579. The van der Waals surface area contributed by atoms with Crippen molar-refractivity contribution in [3.05, 3.63) is 35.4 Å². The topological polar surface area (TPSA) is 21.3 Å². The zero-order chi connectivity index (χ0) is 13.7. The monoisotopic (exact) mass is 269 g/mol. The predicted molar refractivity (Wildman–Crippen MR) is 71.1 cm³/mol. The Balaban J connectivity index is 1.96. The zero-order valence-electron chi connectivity index (χ0n) is 11.3. The van der Waals surface area contributed by atoms with Gasteiger partial charge in [-0.05, 0) is 36.3 Å². The Kier molecular flexibility index (Phi) is 4.88. The second-order valence-electron chi connectivity index (χ2n) is 5.41. The number of halogens is 2. The molecule has 0 heterocycles. The lowest BCUT2D eigenvalue weighted by molar-refractivity contribution is 0.121. The van der Waals surface area contributed by atoms with Crippen LogP contribution in [0.15, 0.2) is 18.2 Å². The Bertz CT molecular complexity index is 419. The average Bonchev–Trinajstić information content (AvgIpc) is 2.36. The summed E-state index contributed by atoms with van der Waals surface area (Å²) in [4.78, 5) is 0. The first kappa shape index (κ1) is 14.4. The predicted octanol–water partition coefficient (Wildman–Crippen LogP) is 2.91. The van der Waals surface area contributed by atoms with E-state index in [1.165, 1.54) is 12.5 Å². The normalized spacial score (nSPS) is 17.2. The van der Waals surface area contributed by atoms with Gasteiger partial charge >= 0.3 is 0 Å². The van der Waals surface area contributed by atoms with Gasteiger partial charge in [0.05, 0.1) is 6.61 Å². The summed E-state index contributed by atoms with van der Waals surface area (Å²) in [6.45, 7) is 2.31. The maximum absolute atomic E-state index is 13.7. The number of rotatable bonds is 7. The van der Waals surface area contributed by atoms with Crippen LogP contribution in [0, 0.1) is 17.0 Å². The minimum absolute atomic E-state index is 0.0857. The summed E-state index contributed by atoms with van der Waals surface area (Å²) in [6, 6.07) is 4.44. The molecule has 1 N–H and O–H groups in total. The summed E-state index contributed by atoms with van der Waals surface area (Å²) in [7, 11) is 1.67. The lowest BCUT2D eigenvalue weighted by atomic mass is 9.65. The molecule has 1 aliphatic carbocycles. The minimum Gasteiger partial charge on any atom is -0.383 e. The van der Waals surface area contributed by atoms with Gasteiger partial charge in [-0.25, -0.2) is 8.78 Å². The third-order valence-corrected chi connectivity index (χ3v) is 3.99. The van der Waals surface area contributed by atoms with Crippen molar-refractivity contribution in [2.75, 3.05) is 26.8 Å². The molecule has 106 valence electrons. The second-order valence-corrected chi connectivity index (χ2v) is 5.41. The highest BCUT2D eigenvalue weighted by atomic mass is 19.2. The average molecular weight is 269 g/mol. The molecule has 19 heavy (non-hydrogen) atoms. The van der Waals surface area contributed by atoms with Gasteiger partial charge in [0.1, 0.15) is 0 Å². The van der Waals surface area contributed by atoms with E-state index in [2.05, 4.69) is 5.32 Å². The number of hydrogen-bond donors (Lipinski definition) is 1. The molecular weight excluding hydrogens is 248 g/mol. The molecule has 2 rings (SSSR count). The van der Waals surface area contributed by atoms with Gasteiger partial charge in [-0.2, -0.15) is 0 Å². The van der Waals surface area contributed by atoms with Crippen molar-refractivity contribution < 1.29 is 13.5 Å². The van der Waals surface area contributed by atoms with E-state index >= 15 is 0 Å². The van der Waals surface area contributed by atoms with Crippen LogP contribution in [0.25, 0.3) is 0 Å². The van der Waals surface area contributed by atoms with Crippen LogP contribution in [0.2, 0.25) is 0 Å². The van der Waals surface area contributed by atoms with Crippen LogP contribution in [0.4, 0.5) is 8.78 Å². The minimum atomic E-state index is -0.751. The van der Waals surface area contributed by atoms with Crippen LogP contribution in [-0.2, 0) is 11.2 Å². The molecule has 0 saturated heterocycles. The highest BCUT2D eigenvalue weighted by molar-refractivity contribution is 5.21. The highest BCUT2D eigenvalue weighted by Gasteiger charge is 2.37. The van der Waals surface area contributed by atoms with E-state index in [0.717, 1.165) is 25.9 Å². The van der Waals surface area contributed by atoms with Crippen molar-refractivity contribution in [3.8, 4) is 0 Å². The molecule has 1 saturated carbocycles. The molecule has 0 atom stereocenters. The summed E-state index contributed by atoms with van der Waals surface area (Å²) < 4.78 is 31.9. The van der Waals surface area contributed by atoms with Crippen molar-refractivity contribution in [2.24, 2.45) is 5.41 Å². The zero-order valence-corrected chi connectivity index (χ0v) is 11.3. The van der Waals surface area contributed by atoms with E-state index < -0.39 is 11.6 Å². The first-order chi connectivity index (χ1) is 9.17. The second kappa shape index (κ2) is 6.44. The fraction of sp³-hybridized carbons (Fsp3) is 0.600. The van der Waals surface area contributed by atoms with E-state index in [1.54, 1.807) is 19.2 Å². The Morgan fingerprint density at radius 2 is 2.11 bits per heavy atom. The van der Waals surface area contributed by atoms with E-state index in [1.807, 2.05) is 0 Å². The van der Waals surface area contributed by atoms with Gasteiger partial charge in [0.25, 0.3) is 0 Å². The molecule has 1 aliphatic rings. The molecule has 0 amide bonds. The van der Waals surface area contributed by atoms with Gasteiger partial charge in [-0.3, -0.25) is 0 Å². The molecule has 0 unspecified atom stereocenters. The Labute approximate surface area is 113 Å². The number of benzene rings is 1. The summed E-state index contributed by atoms with van der Waals surface area (Å²) in [6.07, 6.45) is 3.92. The summed E-state index contributed by atoms with van der Waals surface area (Å²) in [5.74, 6) is -1.44. The number of ether oxygens (including phenoxy) is 1. The molecule has 0 aromatic heterocycles. The van der Waals surface area contributed by atoms with Gasteiger partial charge < -0.3 is 10.1 Å². The Morgan fingerprint density at radius 1 is 1.32 bits per heavy atom. The number of nitrogens with one attached hydrogen (secondary N) is 1. The van der Waals surface area contributed by atoms with Gasteiger partial charge in [-0.15, -0.1) is 0 Å². The van der Waals surface area contributed by atoms with Crippen molar-refractivity contribution in [1.82, 2.24) is 5.32 Å². The maximum atomic E-state index is 13.7. The molecule has 1 aromatic rings. The third-order valence-electron chi connectivity index (χ3n) is 3.99. The summed E-state index contributed by atoms with van der Waals surface area (Å²) >= 11 is 0. The maximum Gasteiger partial charge on any atom is 0.162 e. The standard InChI is InChI=1S/C15H21F2NO/c1-19-9-8-18-11-15(6-3-7-15)10-12-4-2-5-13(16)14(12)17/h2,4-5,18H,3,6-11H2,1H3. The Morgan fingerprint density at radius 3 is 2.74 bits per heavy atom. The van der Waals surface area contributed by atoms with Crippen LogP contribution in [0.1, 0.15) is 24.8 Å². The van der Waals surface area contributed by atoms with Gasteiger partial charge in [0.15, 0.2) is 11.6 Å². The lowest BCUT2D eigenvalue weighted by Crippen LogP contribution is -2.42. The number of methoxy groups -OCH3 is 1. The SMILES string of the molecule is COCCNCC1(Cc2cccc(F)c2F)CCC1. The van der Waals surface area contributed by atoms with Gasteiger partial charge in [-0.1, -0.05) is 18.6 Å². The van der Waals surface area contributed by atoms with Crippen molar-refractivity contribution in [2.45, 2.75) is 25.7 Å². The third kappa shape index (κ3) is 3.51. The quantitative estimate of drug-likeness (QED) is 0.768. The Hall–Kier alpha value is -1.00. The van der Waals surface area contributed by atoms with Crippen molar-refractivity contribution in [1.29, 1.82) is 0 Å². The smallest absolute Gasteiger partial charge is 0.162 e. The van der Waals surface area contributed by atoms with Crippen molar-refractivity contribution >= 4 is 0 Å². The number of hydrogen-bond acceptors (Lipinski definition) is 2. The van der Waals surface area contributed by atoms with Gasteiger partial charge in [0.2, 0.25) is 0 Å².